The zero-order valence-electron chi connectivity index (χ0n) is 13.5. The van der Waals surface area contributed by atoms with Crippen LogP contribution in [-0.2, 0) is 5.41 Å². The third-order valence-corrected chi connectivity index (χ3v) is 3.64. The predicted octanol–water partition coefficient (Wildman–Crippen LogP) is 2.96. The molecule has 1 saturated carbocycles. The van der Waals surface area contributed by atoms with Crippen molar-refractivity contribution in [2.75, 3.05) is 0 Å². The van der Waals surface area contributed by atoms with Gasteiger partial charge in [0.1, 0.15) is 11.6 Å². The Labute approximate surface area is 126 Å². The Hall–Kier alpha value is -1.62. The minimum Gasteiger partial charge on any atom is -0.470 e. The number of aliphatic hydroxyl groups is 1. The number of nitrogens with zero attached hydrogens (tertiary/aromatic N) is 3. The molecule has 0 aliphatic heterocycles. The summed E-state index contributed by atoms with van der Waals surface area (Å²) in [5.74, 6) is 0.564. The Morgan fingerprint density at radius 1 is 1.29 bits per heavy atom. The van der Waals surface area contributed by atoms with Gasteiger partial charge in [-0.25, -0.2) is 9.50 Å². The number of aliphatic hydroxyl groups excluding tert-OH is 1. The first kappa shape index (κ1) is 15.8. The van der Waals surface area contributed by atoms with E-state index in [1.54, 1.807) is 10.7 Å². The van der Waals surface area contributed by atoms with Crippen molar-refractivity contribution in [3.05, 3.63) is 24.2 Å². The molecule has 5 nitrogen and oxygen atoms in total. The second-order valence-corrected chi connectivity index (χ2v) is 6.13. The van der Waals surface area contributed by atoms with Crippen molar-refractivity contribution in [3.63, 3.8) is 0 Å². The second-order valence-electron chi connectivity index (χ2n) is 6.13. The van der Waals surface area contributed by atoms with Crippen LogP contribution in [0.25, 0.3) is 5.52 Å². The molecule has 5 heteroatoms. The van der Waals surface area contributed by atoms with Crippen LogP contribution in [0.5, 0.6) is 5.88 Å². The Balaban J connectivity index is 0.000000774. The first-order valence-corrected chi connectivity index (χ1v) is 7.64. The summed E-state index contributed by atoms with van der Waals surface area (Å²) >= 11 is 0. The van der Waals surface area contributed by atoms with E-state index in [1.165, 1.54) is 0 Å². The predicted molar refractivity (Wildman–Crippen MR) is 82.7 cm³/mol. The number of hydrogen-bond acceptors (Lipinski definition) is 4. The highest BCUT2D eigenvalue weighted by Crippen LogP contribution is 2.33. The number of ether oxygens (including phenoxy) is 1. The van der Waals surface area contributed by atoms with E-state index < -0.39 is 0 Å². The summed E-state index contributed by atoms with van der Waals surface area (Å²) in [6.07, 6.45) is 6.52. The number of fused-ring (bicyclic) bond motifs is 1. The molecule has 2 aromatic rings. The van der Waals surface area contributed by atoms with E-state index in [2.05, 4.69) is 30.9 Å². The van der Waals surface area contributed by atoms with E-state index in [4.69, 9.17) is 4.74 Å². The molecule has 1 aliphatic rings. The van der Waals surface area contributed by atoms with Gasteiger partial charge in [-0.3, -0.25) is 0 Å². The maximum Gasteiger partial charge on any atom is 0.240 e. The molecule has 2 unspecified atom stereocenters. The molecule has 0 radical (unpaired) electrons. The molecule has 116 valence electrons. The van der Waals surface area contributed by atoms with Gasteiger partial charge in [-0.05, 0) is 18.3 Å². The first-order valence-electron chi connectivity index (χ1n) is 7.64. The maximum absolute atomic E-state index is 9.65. The molecular formula is C16H25N3O2. The fourth-order valence-corrected chi connectivity index (χ4v) is 2.28. The van der Waals surface area contributed by atoms with E-state index in [9.17, 15) is 5.11 Å². The van der Waals surface area contributed by atoms with E-state index >= 15 is 0 Å². The van der Waals surface area contributed by atoms with Gasteiger partial charge >= 0.3 is 0 Å². The van der Waals surface area contributed by atoms with Gasteiger partial charge < -0.3 is 9.84 Å². The van der Waals surface area contributed by atoms with Crippen LogP contribution in [0.2, 0.25) is 0 Å². The highest BCUT2D eigenvalue weighted by atomic mass is 16.5. The summed E-state index contributed by atoms with van der Waals surface area (Å²) in [6, 6.07) is 0. The van der Waals surface area contributed by atoms with Crippen molar-refractivity contribution < 1.29 is 9.84 Å². The standard InChI is InChI=1S/C14H19N3O2.C2H6/c1-14(2,3)9-8-16-17-7-6-15-13(12(9)17)19-11-5-4-10(11)18;1-2/h6-8,10-11,18H,4-5H2,1-3H3;1-2H3. The highest BCUT2D eigenvalue weighted by molar-refractivity contribution is 5.64. The number of hydrogen-bond donors (Lipinski definition) is 1. The van der Waals surface area contributed by atoms with Crippen LogP contribution in [0.4, 0.5) is 0 Å². The summed E-state index contributed by atoms with van der Waals surface area (Å²) in [5, 5.41) is 14.0. The van der Waals surface area contributed by atoms with Crippen LogP contribution < -0.4 is 4.74 Å². The Morgan fingerprint density at radius 3 is 2.52 bits per heavy atom. The Morgan fingerprint density at radius 2 is 2.00 bits per heavy atom. The summed E-state index contributed by atoms with van der Waals surface area (Å²) in [4.78, 5) is 4.32. The average molecular weight is 291 g/mol. The van der Waals surface area contributed by atoms with Gasteiger partial charge in [-0.15, -0.1) is 0 Å². The second kappa shape index (κ2) is 6.02. The van der Waals surface area contributed by atoms with Crippen molar-refractivity contribution in [1.29, 1.82) is 0 Å². The largest absolute Gasteiger partial charge is 0.470 e. The van der Waals surface area contributed by atoms with Crippen LogP contribution >= 0.6 is 0 Å². The summed E-state index contributed by atoms with van der Waals surface area (Å²) in [6.45, 7) is 10.4. The quantitative estimate of drug-likeness (QED) is 0.924. The number of aromatic nitrogens is 3. The lowest BCUT2D eigenvalue weighted by molar-refractivity contribution is -0.0377. The summed E-state index contributed by atoms with van der Waals surface area (Å²) in [5.41, 5.74) is 1.97. The van der Waals surface area contributed by atoms with Crippen molar-refractivity contribution in [2.24, 2.45) is 0 Å². The third kappa shape index (κ3) is 3.02. The number of rotatable bonds is 2. The van der Waals surface area contributed by atoms with E-state index in [0.29, 0.717) is 5.88 Å². The first-order chi connectivity index (χ1) is 9.97. The molecule has 1 aliphatic carbocycles. The molecular weight excluding hydrogens is 266 g/mol. The molecule has 0 bridgehead atoms. The normalized spacial score (nSPS) is 21.4. The molecule has 0 amide bonds. The average Bonchev–Trinajstić information content (AvgIpc) is 2.90. The van der Waals surface area contributed by atoms with Gasteiger partial charge in [-0.1, -0.05) is 34.6 Å². The highest BCUT2D eigenvalue weighted by Gasteiger charge is 2.32. The lowest BCUT2D eigenvalue weighted by Crippen LogP contribution is -2.41. The lowest BCUT2D eigenvalue weighted by atomic mass is 9.88. The van der Waals surface area contributed by atoms with Crippen LogP contribution in [-0.4, -0.2) is 31.9 Å². The monoisotopic (exact) mass is 291 g/mol. The van der Waals surface area contributed by atoms with E-state index in [1.807, 2.05) is 26.2 Å². The summed E-state index contributed by atoms with van der Waals surface area (Å²) < 4.78 is 7.63. The van der Waals surface area contributed by atoms with Crippen LogP contribution in [0.1, 0.15) is 53.0 Å². The molecule has 2 atom stereocenters. The van der Waals surface area contributed by atoms with E-state index in [-0.39, 0.29) is 17.6 Å². The minimum absolute atomic E-state index is 0.0267. The summed E-state index contributed by atoms with van der Waals surface area (Å²) in [7, 11) is 0. The third-order valence-electron chi connectivity index (χ3n) is 3.64. The van der Waals surface area contributed by atoms with Crippen molar-refractivity contribution >= 4 is 5.52 Å². The zero-order chi connectivity index (χ0) is 15.6. The minimum atomic E-state index is -0.372. The molecule has 3 rings (SSSR count). The topological polar surface area (TPSA) is 59.7 Å². The SMILES string of the molecule is CC.CC(C)(C)c1cnn2ccnc(OC3CCC3O)c12. The molecule has 0 aromatic carbocycles. The van der Waals surface area contributed by atoms with Crippen molar-refractivity contribution in [1.82, 2.24) is 14.6 Å². The molecule has 0 spiro atoms. The fraction of sp³-hybridized carbons (Fsp3) is 0.625. The van der Waals surface area contributed by atoms with Gasteiger partial charge in [0.15, 0.2) is 0 Å². The molecule has 1 N–H and O–H groups in total. The van der Waals surface area contributed by atoms with Gasteiger partial charge in [0.2, 0.25) is 5.88 Å². The molecule has 0 saturated heterocycles. The van der Waals surface area contributed by atoms with Crippen LogP contribution in [0.3, 0.4) is 0 Å². The van der Waals surface area contributed by atoms with Crippen molar-refractivity contribution in [3.8, 4) is 5.88 Å². The van der Waals surface area contributed by atoms with Gasteiger partial charge in [-0.2, -0.15) is 5.10 Å². The van der Waals surface area contributed by atoms with Gasteiger partial charge in [0.25, 0.3) is 0 Å². The Bertz CT molecular complexity index is 601. The smallest absolute Gasteiger partial charge is 0.240 e. The van der Waals surface area contributed by atoms with E-state index in [0.717, 1.165) is 23.9 Å². The zero-order valence-corrected chi connectivity index (χ0v) is 13.5. The van der Waals surface area contributed by atoms with Crippen LogP contribution in [0, 0.1) is 0 Å². The Kier molecular flexibility index (Phi) is 4.52. The maximum atomic E-state index is 9.65. The molecule has 2 aromatic heterocycles. The van der Waals surface area contributed by atoms with Crippen LogP contribution in [0.15, 0.2) is 18.6 Å². The van der Waals surface area contributed by atoms with Gasteiger partial charge in [0.05, 0.1) is 12.3 Å². The molecule has 1 fully saturated rings. The fourth-order valence-electron chi connectivity index (χ4n) is 2.28. The molecule has 21 heavy (non-hydrogen) atoms. The molecule has 2 heterocycles. The van der Waals surface area contributed by atoms with Gasteiger partial charge in [0, 0.05) is 18.0 Å². The lowest BCUT2D eigenvalue weighted by Gasteiger charge is -2.32. The van der Waals surface area contributed by atoms with Crippen molar-refractivity contribution in [2.45, 2.75) is 65.1 Å².